The summed E-state index contributed by atoms with van der Waals surface area (Å²) in [5, 5.41) is 25.9. The molecule has 3 N–H and O–H groups in total. The van der Waals surface area contributed by atoms with Gasteiger partial charge in [-0.3, -0.25) is 9.78 Å². The number of aliphatic hydroxyl groups is 1. The van der Waals surface area contributed by atoms with E-state index in [1.54, 1.807) is 13.3 Å². The molecule has 2 aromatic heterocycles. The molecule has 8 heteroatoms. The van der Waals surface area contributed by atoms with Crippen LogP contribution < -0.4 is 10.1 Å². The summed E-state index contributed by atoms with van der Waals surface area (Å²) in [6, 6.07) is 7.59. The Balaban J connectivity index is 1.24. The van der Waals surface area contributed by atoms with Crippen molar-refractivity contribution in [3.63, 3.8) is 0 Å². The summed E-state index contributed by atoms with van der Waals surface area (Å²) in [5.41, 5.74) is 4.06. The zero-order valence-electron chi connectivity index (χ0n) is 23.3. The fourth-order valence-corrected chi connectivity index (χ4v) is 7.07. The number of carboxylic acid groups (broad SMARTS) is 1. The number of benzene rings is 1. The summed E-state index contributed by atoms with van der Waals surface area (Å²) in [6.07, 6.45) is 11.8. The van der Waals surface area contributed by atoms with Crippen molar-refractivity contribution in [1.82, 2.24) is 20.3 Å². The molecule has 0 radical (unpaired) electrons. The summed E-state index contributed by atoms with van der Waals surface area (Å²) in [4.78, 5) is 26.4. The molecule has 0 amide bonds. The number of methoxy groups -OCH3 is 1. The third kappa shape index (κ3) is 5.98. The van der Waals surface area contributed by atoms with Crippen LogP contribution in [-0.2, 0) is 24.1 Å². The monoisotopic (exact) mass is 544 g/mol. The number of aromatic nitrogens is 3. The number of carboxylic acids is 1. The normalized spacial score (nSPS) is 24.3. The summed E-state index contributed by atoms with van der Waals surface area (Å²) >= 11 is 0. The molecule has 40 heavy (non-hydrogen) atoms. The molecule has 3 aliphatic rings. The SMILES string of the molecule is COc1ccc2nccc(C(O)CC(CC3CCc4nc(CC5CC5)ncc4C3)[C@H]3CCNC[C@@H]3C(=O)O)c2c1. The highest BCUT2D eigenvalue weighted by Gasteiger charge is 2.39. The number of ether oxygens (including phenoxy) is 1. The van der Waals surface area contributed by atoms with Gasteiger partial charge in [0, 0.05) is 36.4 Å². The number of rotatable bonds is 10. The number of aliphatic carboxylic acids is 1. The van der Waals surface area contributed by atoms with Crippen molar-refractivity contribution < 1.29 is 19.7 Å². The number of aryl methyl sites for hydroxylation is 1. The maximum absolute atomic E-state index is 12.3. The Kier molecular flexibility index (Phi) is 7.98. The predicted molar refractivity (Wildman–Crippen MR) is 152 cm³/mol. The van der Waals surface area contributed by atoms with Crippen LogP contribution in [0, 0.1) is 29.6 Å². The van der Waals surface area contributed by atoms with Gasteiger partial charge < -0.3 is 20.3 Å². The summed E-state index contributed by atoms with van der Waals surface area (Å²) in [6.45, 7) is 1.29. The first-order valence-electron chi connectivity index (χ1n) is 14.9. The van der Waals surface area contributed by atoms with Gasteiger partial charge in [0.2, 0.25) is 0 Å². The van der Waals surface area contributed by atoms with E-state index in [-0.39, 0.29) is 11.8 Å². The minimum atomic E-state index is -0.749. The molecule has 0 bridgehead atoms. The van der Waals surface area contributed by atoms with Crippen LogP contribution >= 0.6 is 0 Å². The standard InChI is InChI=1S/C32H40N4O4/c1-40-23-5-7-29-26(16-23)25(9-11-34-29)30(37)15-21(24-8-10-33-18-27(24)32(38)39)12-20-4-6-28-22(13-20)17-35-31(36-28)14-19-2-3-19/h5,7,9,11,16-17,19-21,24,27,30,33,37H,2-4,6,8,10,12-15,18H2,1H3,(H,38,39)/t20?,21?,24-,27+,30?/m1/s1. The Morgan fingerprint density at radius 3 is 2.83 bits per heavy atom. The number of hydrogen-bond donors (Lipinski definition) is 3. The van der Waals surface area contributed by atoms with Crippen LogP contribution in [0.15, 0.2) is 36.7 Å². The molecule has 3 heterocycles. The summed E-state index contributed by atoms with van der Waals surface area (Å²) in [5.74, 6) is 1.78. The molecule has 1 aromatic carbocycles. The van der Waals surface area contributed by atoms with Crippen LogP contribution in [0.5, 0.6) is 5.75 Å². The second-order valence-electron chi connectivity index (χ2n) is 12.1. The summed E-state index contributed by atoms with van der Waals surface area (Å²) in [7, 11) is 1.63. The van der Waals surface area contributed by atoms with Gasteiger partial charge in [-0.25, -0.2) is 9.97 Å². The van der Waals surface area contributed by atoms with Gasteiger partial charge in [-0.2, -0.15) is 0 Å². The van der Waals surface area contributed by atoms with Gasteiger partial charge in [-0.15, -0.1) is 0 Å². The molecule has 5 atom stereocenters. The number of carbonyl (C=O) groups is 1. The third-order valence-electron chi connectivity index (χ3n) is 9.43. The molecule has 1 saturated carbocycles. The van der Waals surface area contributed by atoms with Crippen molar-refractivity contribution in [1.29, 1.82) is 0 Å². The third-order valence-corrected chi connectivity index (χ3v) is 9.43. The number of nitrogens with one attached hydrogen (secondary N) is 1. The van der Waals surface area contributed by atoms with Gasteiger partial charge in [0.1, 0.15) is 11.6 Å². The minimum absolute atomic E-state index is 0.00889. The minimum Gasteiger partial charge on any atom is -0.497 e. The van der Waals surface area contributed by atoms with Crippen LogP contribution in [0.4, 0.5) is 0 Å². The van der Waals surface area contributed by atoms with Crippen molar-refractivity contribution in [3.05, 3.63) is 59.3 Å². The highest BCUT2D eigenvalue weighted by molar-refractivity contribution is 5.83. The van der Waals surface area contributed by atoms with Gasteiger partial charge in [0.05, 0.1) is 24.6 Å². The molecular weight excluding hydrogens is 504 g/mol. The number of pyridine rings is 1. The first kappa shape index (κ1) is 27.1. The maximum atomic E-state index is 12.3. The predicted octanol–water partition coefficient (Wildman–Crippen LogP) is 4.53. The van der Waals surface area contributed by atoms with Crippen LogP contribution in [0.25, 0.3) is 10.9 Å². The number of hydrogen-bond acceptors (Lipinski definition) is 7. The van der Waals surface area contributed by atoms with E-state index in [0.29, 0.717) is 18.9 Å². The largest absolute Gasteiger partial charge is 0.497 e. The Hall–Kier alpha value is -3.10. The topological polar surface area (TPSA) is 117 Å². The lowest BCUT2D eigenvalue weighted by molar-refractivity contribution is -0.145. The molecule has 1 aliphatic heterocycles. The Morgan fingerprint density at radius 1 is 1.15 bits per heavy atom. The van der Waals surface area contributed by atoms with E-state index >= 15 is 0 Å². The van der Waals surface area contributed by atoms with Gasteiger partial charge >= 0.3 is 5.97 Å². The van der Waals surface area contributed by atoms with Crippen molar-refractivity contribution in [2.24, 2.45) is 29.6 Å². The fourth-order valence-electron chi connectivity index (χ4n) is 7.07. The number of piperidine rings is 1. The second kappa shape index (κ2) is 11.8. The van der Waals surface area contributed by atoms with Crippen molar-refractivity contribution in [2.45, 2.75) is 63.9 Å². The van der Waals surface area contributed by atoms with E-state index < -0.39 is 18.0 Å². The molecule has 3 unspecified atom stereocenters. The molecule has 1 saturated heterocycles. The van der Waals surface area contributed by atoms with Crippen LogP contribution in [-0.4, -0.2) is 51.3 Å². The fraction of sp³-hybridized carbons (Fsp3) is 0.562. The van der Waals surface area contributed by atoms with Gasteiger partial charge in [0.25, 0.3) is 0 Å². The highest BCUT2D eigenvalue weighted by atomic mass is 16.5. The molecule has 3 aromatic rings. The quantitative estimate of drug-likeness (QED) is 0.341. The lowest BCUT2D eigenvalue weighted by atomic mass is 9.69. The van der Waals surface area contributed by atoms with E-state index in [4.69, 9.17) is 9.72 Å². The van der Waals surface area contributed by atoms with Gasteiger partial charge in [-0.1, -0.05) is 0 Å². The zero-order valence-corrected chi connectivity index (χ0v) is 23.3. The number of nitrogens with zero attached hydrogens (tertiary/aromatic N) is 3. The first-order valence-corrected chi connectivity index (χ1v) is 14.9. The number of aliphatic hydroxyl groups excluding tert-OH is 1. The molecule has 2 fully saturated rings. The van der Waals surface area contributed by atoms with Crippen molar-refractivity contribution in [2.75, 3.05) is 20.2 Å². The van der Waals surface area contributed by atoms with Gasteiger partial charge in [0.15, 0.2) is 0 Å². The molecule has 6 rings (SSSR count). The Bertz CT molecular complexity index is 1360. The van der Waals surface area contributed by atoms with Crippen molar-refractivity contribution >= 4 is 16.9 Å². The lowest BCUT2D eigenvalue weighted by Crippen LogP contribution is -2.44. The smallest absolute Gasteiger partial charge is 0.308 e. The van der Waals surface area contributed by atoms with Crippen molar-refractivity contribution in [3.8, 4) is 5.75 Å². The van der Waals surface area contributed by atoms with Crippen LogP contribution in [0.2, 0.25) is 0 Å². The van der Waals surface area contributed by atoms with E-state index in [1.165, 1.54) is 24.1 Å². The number of fused-ring (bicyclic) bond motifs is 2. The molecule has 2 aliphatic carbocycles. The van der Waals surface area contributed by atoms with E-state index in [2.05, 4.69) is 15.3 Å². The molecule has 0 spiro atoms. The van der Waals surface area contributed by atoms with Crippen LogP contribution in [0.3, 0.4) is 0 Å². The van der Waals surface area contributed by atoms with E-state index in [9.17, 15) is 15.0 Å². The van der Waals surface area contributed by atoms with E-state index in [1.807, 2.05) is 30.5 Å². The molecule has 8 nitrogen and oxygen atoms in total. The lowest BCUT2D eigenvalue weighted by Gasteiger charge is -2.39. The Labute approximate surface area is 235 Å². The maximum Gasteiger partial charge on any atom is 0.308 e. The zero-order chi connectivity index (χ0) is 27.6. The van der Waals surface area contributed by atoms with Crippen LogP contribution in [0.1, 0.15) is 67.3 Å². The Morgan fingerprint density at radius 2 is 2.02 bits per heavy atom. The highest BCUT2D eigenvalue weighted by Crippen LogP contribution is 2.41. The average Bonchev–Trinajstić information content (AvgIpc) is 3.80. The van der Waals surface area contributed by atoms with E-state index in [0.717, 1.165) is 79.0 Å². The molecule has 212 valence electrons. The summed E-state index contributed by atoms with van der Waals surface area (Å²) < 4.78 is 5.44. The van der Waals surface area contributed by atoms with Gasteiger partial charge in [-0.05, 0) is 117 Å². The average molecular weight is 545 g/mol. The molecular formula is C32H40N4O4. The first-order chi connectivity index (χ1) is 19.5. The second-order valence-corrected chi connectivity index (χ2v) is 12.1.